The SMILES string of the molecule is CC(C)(C)c1coc(=O)c(C(C)(C)C)c1. The first-order valence-electron chi connectivity index (χ1n) is 5.26. The highest BCUT2D eigenvalue weighted by Crippen LogP contribution is 2.26. The third kappa shape index (κ3) is 2.71. The van der Waals surface area contributed by atoms with E-state index in [1.165, 1.54) is 0 Å². The molecule has 0 N–H and O–H groups in total. The molecule has 1 rings (SSSR count). The van der Waals surface area contributed by atoms with Gasteiger partial charge in [-0.2, -0.15) is 0 Å². The highest BCUT2D eigenvalue weighted by molar-refractivity contribution is 5.27. The molecule has 0 saturated carbocycles. The predicted molar refractivity (Wildman–Crippen MR) is 62.4 cm³/mol. The van der Waals surface area contributed by atoms with E-state index in [0.717, 1.165) is 11.1 Å². The molecule has 15 heavy (non-hydrogen) atoms. The van der Waals surface area contributed by atoms with Crippen molar-refractivity contribution in [2.45, 2.75) is 52.4 Å². The van der Waals surface area contributed by atoms with E-state index in [2.05, 4.69) is 20.8 Å². The van der Waals surface area contributed by atoms with Gasteiger partial charge in [0.2, 0.25) is 0 Å². The lowest BCUT2D eigenvalue weighted by atomic mass is 9.83. The van der Waals surface area contributed by atoms with Gasteiger partial charge in [0.05, 0.1) is 6.26 Å². The molecule has 2 heteroatoms. The van der Waals surface area contributed by atoms with E-state index in [1.807, 2.05) is 26.8 Å². The minimum Gasteiger partial charge on any atom is -0.431 e. The minimum atomic E-state index is -0.226. The lowest BCUT2D eigenvalue weighted by Gasteiger charge is -2.22. The molecule has 0 aromatic carbocycles. The Labute approximate surface area is 91.3 Å². The molecule has 2 nitrogen and oxygen atoms in total. The first kappa shape index (κ1) is 12.0. The Morgan fingerprint density at radius 3 is 1.93 bits per heavy atom. The van der Waals surface area contributed by atoms with Crippen molar-refractivity contribution < 1.29 is 4.42 Å². The van der Waals surface area contributed by atoms with Crippen molar-refractivity contribution in [1.29, 1.82) is 0 Å². The van der Waals surface area contributed by atoms with Crippen LogP contribution >= 0.6 is 0 Å². The van der Waals surface area contributed by atoms with Gasteiger partial charge in [0.25, 0.3) is 0 Å². The molecule has 0 amide bonds. The maximum Gasteiger partial charge on any atom is 0.339 e. The minimum absolute atomic E-state index is 0.0111. The standard InChI is InChI=1S/C13H20O2/c1-12(2,3)9-7-10(13(4,5)6)11(14)15-8-9/h7-8H,1-6H3. The Morgan fingerprint density at radius 2 is 1.53 bits per heavy atom. The zero-order chi connectivity index (χ0) is 11.9. The van der Waals surface area contributed by atoms with E-state index in [-0.39, 0.29) is 16.5 Å². The van der Waals surface area contributed by atoms with Gasteiger partial charge in [-0.3, -0.25) is 0 Å². The van der Waals surface area contributed by atoms with Crippen LogP contribution in [0.2, 0.25) is 0 Å². The van der Waals surface area contributed by atoms with Gasteiger partial charge in [-0.25, -0.2) is 4.79 Å². The molecule has 0 saturated heterocycles. The average Bonchev–Trinajstić information content (AvgIpc) is 2.00. The number of hydrogen-bond acceptors (Lipinski definition) is 2. The molecule has 1 aromatic heterocycles. The highest BCUT2D eigenvalue weighted by Gasteiger charge is 2.22. The Balaban J connectivity index is 3.37. The van der Waals surface area contributed by atoms with E-state index in [9.17, 15) is 4.79 Å². The molecule has 0 atom stereocenters. The Morgan fingerprint density at radius 1 is 1.00 bits per heavy atom. The third-order valence-electron chi connectivity index (χ3n) is 2.49. The largest absolute Gasteiger partial charge is 0.431 e. The highest BCUT2D eigenvalue weighted by atomic mass is 16.4. The lowest BCUT2D eigenvalue weighted by Crippen LogP contribution is -2.24. The lowest BCUT2D eigenvalue weighted by molar-refractivity contribution is 0.445. The summed E-state index contributed by atoms with van der Waals surface area (Å²) in [5.41, 5.74) is 1.43. The van der Waals surface area contributed by atoms with E-state index < -0.39 is 0 Å². The monoisotopic (exact) mass is 208 g/mol. The van der Waals surface area contributed by atoms with E-state index >= 15 is 0 Å². The van der Waals surface area contributed by atoms with Crippen LogP contribution in [0.5, 0.6) is 0 Å². The molecule has 1 heterocycles. The van der Waals surface area contributed by atoms with Crippen LogP contribution in [0.4, 0.5) is 0 Å². The quantitative estimate of drug-likeness (QED) is 0.655. The molecule has 0 bridgehead atoms. The summed E-state index contributed by atoms with van der Waals surface area (Å²) in [6, 6.07) is 1.96. The van der Waals surface area contributed by atoms with Crippen LogP contribution in [0.1, 0.15) is 52.7 Å². The van der Waals surface area contributed by atoms with Crippen LogP contribution in [-0.2, 0) is 10.8 Å². The van der Waals surface area contributed by atoms with Crippen molar-refractivity contribution in [3.05, 3.63) is 33.9 Å². The Kier molecular flexibility index (Phi) is 2.81. The normalized spacial score (nSPS) is 12.9. The first-order chi connectivity index (χ1) is 6.62. The number of rotatable bonds is 0. The van der Waals surface area contributed by atoms with Gasteiger partial charge in [-0.15, -0.1) is 0 Å². The summed E-state index contributed by atoms with van der Waals surface area (Å²) in [5, 5.41) is 0. The molecule has 84 valence electrons. The van der Waals surface area contributed by atoms with Crippen molar-refractivity contribution in [1.82, 2.24) is 0 Å². The topological polar surface area (TPSA) is 30.2 Å². The molecule has 0 aliphatic rings. The van der Waals surface area contributed by atoms with Crippen LogP contribution in [0, 0.1) is 0 Å². The second-order valence-corrected chi connectivity index (χ2v) is 6.04. The van der Waals surface area contributed by atoms with Crippen LogP contribution in [0.25, 0.3) is 0 Å². The molecular formula is C13H20O2. The smallest absolute Gasteiger partial charge is 0.339 e. The fourth-order valence-corrected chi connectivity index (χ4v) is 1.34. The van der Waals surface area contributed by atoms with Gasteiger partial charge < -0.3 is 4.42 Å². The van der Waals surface area contributed by atoms with Gasteiger partial charge >= 0.3 is 5.63 Å². The van der Waals surface area contributed by atoms with Gasteiger partial charge in [-0.1, -0.05) is 41.5 Å². The van der Waals surface area contributed by atoms with Crippen LogP contribution < -0.4 is 5.63 Å². The maximum absolute atomic E-state index is 11.6. The summed E-state index contributed by atoms with van der Waals surface area (Å²) in [6.45, 7) is 12.4. The van der Waals surface area contributed by atoms with Crippen molar-refractivity contribution in [2.24, 2.45) is 0 Å². The van der Waals surface area contributed by atoms with E-state index in [0.29, 0.717) is 0 Å². The van der Waals surface area contributed by atoms with Crippen LogP contribution in [0.3, 0.4) is 0 Å². The summed E-state index contributed by atoms with van der Waals surface area (Å²) in [7, 11) is 0. The first-order valence-corrected chi connectivity index (χ1v) is 5.26. The second-order valence-electron chi connectivity index (χ2n) is 6.04. The second kappa shape index (κ2) is 3.51. The van der Waals surface area contributed by atoms with Crippen LogP contribution in [0.15, 0.2) is 21.5 Å². The number of hydrogen-bond donors (Lipinski definition) is 0. The Bertz CT molecular complexity index is 400. The van der Waals surface area contributed by atoms with Gasteiger partial charge in [0.1, 0.15) is 0 Å². The molecule has 1 aromatic rings. The molecule has 0 aliphatic carbocycles. The summed E-state index contributed by atoms with van der Waals surface area (Å²) in [4.78, 5) is 11.6. The summed E-state index contributed by atoms with van der Waals surface area (Å²) >= 11 is 0. The molecule has 0 aliphatic heterocycles. The molecule has 0 unspecified atom stereocenters. The molecule has 0 radical (unpaired) electrons. The fraction of sp³-hybridized carbons (Fsp3) is 0.615. The molecular weight excluding hydrogens is 188 g/mol. The van der Waals surface area contributed by atoms with Crippen molar-refractivity contribution in [3.8, 4) is 0 Å². The van der Waals surface area contributed by atoms with Gasteiger partial charge in [0, 0.05) is 5.56 Å². The van der Waals surface area contributed by atoms with Gasteiger partial charge in [0.15, 0.2) is 0 Å². The summed E-state index contributed by atoms with van der Waals surface area (Å²) in [5.74, 6) is 0. The zero-order valence-electron chi connectivity index (χ0n) is 10.5. The van der Waals surface area contributed by atoms with Crippen LogP contribution in [-0.4, -0.2) is 0 Å². The van der Waals surface area contributed by atoms with E-state index in [1.54, 1.807) is 6.26 Å². The third-order valence-corrected chi connectivity index (χ3v) is 2.49. The van der Waals surface area contributed by atoms with E-state index in [4.69, 9.17) is 4.42 Å². The van der Waals surface area contributed by atoms with Crippen molar-refractivity contribution in [3.63, 3.8) is 0 Å². The van der Waals surface area contributed by atoms with Gasteiger partial charge in [-0.05, 0) is 22.5 Å². The average molecular weight is 208 g/mol. The fourth-order valence-electron chi connectivity index (χ4n) is 1.34. The summed E-state index contributed by atoms with van der Waals surface area (Å²) < 4.78 is 5.09. The predicted octanol–water partition coefficient (Wildman–Crippen LogP) is 3.23. The molecule has 0 spiro atoms. The summed E-state index contributed by atoms with van der Waals surface area (Å²) in [6.07, 6.45) is 1.57. The molecule has 0 fully saturated rings. The van der Waals surface area contributed by atoms with Crippen molar-refractivity contribution in [2.75, 3.05) is 0 Å². The van der Waals surface area contributed by atoms with Crippen molar-refractivity contribution >= 4 is 0 Å². The Hall–Kier alpha value is -1.05. The maximum atomic E-state index is 11.6. The zero-order valence-corrected chi connectivity index (χ0v) is 10.5.